The Balaban J connectivity index is 2.58. The summed E-state index contributed by atoms with van der Waals surface area (Å²) < 4.78 is 6.40. The molecule has 21 heavy (non-hydrogen) atoms. The van der Waals surface area contributed by atoms with Gasteiger partial charge in [0.15, 0.2) is 0 Å². The first-order chi connectivity index (χ1) is 9.97. The Labute approximate surface area is 139 Å². The number of halogens is 2. The van der Waals surface area contributed by atoms with E-state index < -0.39 is 0 Å². The summed E-state index contributed by atoms with van der Waals surface area (Å²) >= 11 is 9.73. The van der Waals surface area contributed by atoms with Gasteiger partial charge in [-0.25, -0.2) is 0 Å². The van der Waals surface area contributed by atoms with E-state index in [4.69, 9.17) is 16.3 Å². The smallest absolute Gasteiger partial charge is 0.138 e. The molecule has 0 aliphatic heterocycles. The van der Waals surface area contributed by atoms with Gasteiger partial charge in [-0.15, -0.1) is 0 Å². The van der Waals surface area contributed by atoms with Crippen molar-refractivity contribution in [1.29, 1.82) is 0 Å². The average Bonchev–Trinajstić information content (AvgIpc) is 2.43. The number of hydrogen-bond acceptors (Lipinski definition) is 2. The molecule has 0 saturated carbocycles. The van der Waals surface area contributed by atoms with Gasteiger partial charge in [-0.1, -0.05) is 29.8 Å². The fraction of sp³-hybridized carbons (Fsp3) is 0.294. The summed E-state index contributed by atoms with van der Waals surface area (Å²) in [5.41, 5.74) is 4.76. The Kier molecular flexibility index (Phi) is 5.31. The van der Waals surface area contributed by atoms with Crippen molar-refractivity contribution in [2.45, 2.75) is 19.9 Å². The maximum absolute atomic E-state index is 6.21. The van der Waals surface area contributed by atoms with Gasteiger partial charge >= 0.3 is 0 Å². The molecule has 0 amide bonds. The molecule has 2 aromatic rings. The van der Waals surface area contributed by atoms with Crippen LogP contribution < -0.4 is 10.1 Å². The van der Waals surface area contributed by atoms with Gasteiger partial charge in [0.1, 0.15) is 5.75 Å². The highest BCUT2D eigenvalue weighted by Gasteiger charge is 2.20. The highest BCUT2D eigenvalue weighted by molar-refractivity contribution is 9.10. The maximum atomic E-state index is 6.21. The summed E-state index contributed by atoms with van der Waals surface area (Å²) in [4.78, 5) is 0. The summed E-state index contributed by atoms with van der Waals surface area (Å²) in [6.45, 7) is 4.24. The summed E-state index contributed by atoms with van der Waals surface area (Å²) in [5, 5.41) is 4.03. The lowest BCUT2D eigenvalue weighted by Crippen LogP contribution is -2.19. The molecule has 2 rings (SSSR count). The minimum Gasteiger partial charge on any atom is -0.495 e. The standard InChI is InChI=1S/C17H19BrClNO/c1-10-5-6-12(7-11(10)2)16(20-3)14-8-13(19)9-15(18)17(14)21-4/h5-9,16,20H,1-4H3. The Morgan fingerprint density at radius 2 is 1.86 bits per heavy atom. The van der Waals surface area contributed by atoms with Crippen LogP contribution in [-0.2, 0) is 0 Å². The zero-order valence-electron chi connectivity index (χ0n) is 12.6. The van der Waals surface area contributed by atoms with Crippen molar-refractivity contribution >= 4 is 27.5 Å². The molecule has 0 saturated heterocycles. The molecule has 0 bridgehead atoms. The molecule has 112 valence electrons. The molecular formula is C17H19BrClNO. The summed E-state index contributed by atoms with van der Waals surface area (Å²) in [6.07, 6.45) is 0. The molecule has 0 heterocycles. The lowest BCUT2D eigenvalue weighted by Gasteiger charge is -2.22. The number of aryl methyl sites for hydroxylation is 2. The molecule has 2 aromatic carbocycles. The molecule has 0 aromatic heterocycles. The lowest BCUT2D eigenvalue weighted by atomic mass is 9.95. The maximum Gasteiger partial charge on any atom is 0.138 e. The van der Waals surface area contributed by atoms with E-state index in [9.17, 15) is 0 Å². The Bertz CT molecular complexity index is 657. The van der Waals surface area contributed by atoms with Crippen LogP contribution in [0.25, 0.3) is 0 Å². The summed E-state index contributed by atoms with van der Waals surface area (Å²) in [7, 11) is 3.61. The monoisotopic (exact) mass is 367 g/mol. The van der Waals surface area contributed by atoms with Crippen molar-refractivity contribution in [3.63, 3.8) is 0 Å². The molecule has 0 spiro atoms. The number of rotatable bonds is 4. The van der Waals surface area contributed by atoms with Gasteiger partial charge in [-0.3, -0.25) is 0 Å². The lowest BCUT2D eigenvalue weighted by molar-refractivity contribution is 0.402. The fourth-order valence-electron chi connectivity index (χ4n) is 2.46. The van der Waals surface area contributed by atoms with Crippen molar-refractivity contribution in [3.8, 4) is 5.75 Å². The van der Waals surface area contributed by atoms with Gasteiger partial charge < -0.3 is 10.1 Å². The van der Waals surface area contributed by atoms with Crippen LogP contribution in [0.3, 0.4) is 0 Å². The van der Waals surface area contributed by atoms with Gasteiger partial charge in [-0.05, 0) is 65.6 Å². The molecule has 0 aliphatic rings. The second-order valence-corrected chi connectivity index (χ2v) is 6.37. The van der Waals surface area contributed by atoms with E-state index >= 15 is 0 Å². The third-order valence-corrected chi connectivity index (χ3v) is 4.51. The van der Waals surface area contributed by atoms with Gasteiger partial charge in [0.25, 0.3) is 0 Å². The van der Waals surface area contributed by atoms with Crippen LogP contribution in [0.4, 0.5) is 0 Å². The van der Waals surface area contributed by atoms with E-state index in [0.717, 1.165) is 15.8 Å². The molecule has 2 nitrogen and oxygen atoms in total. The normalized spacial score (nSPS) is 12.3. The van der Waals surface area contributed by atoms with Crippen LogP contribution in [0.2, 0.25) is 5.02 Å². The van der Waals surface area contributed by atoms with E-state index in [1.165, 1.54) is 16.7 Å². The van der Waals surface area contributed by atoms with Crippen molar-refractivity contribution in [3.05, 3.63) is 62.1 Å². The van der Waals surface area contributed by atoms with E-state index in [1.54, 1.807) is 7.11 Å². The molecular weight excluding hydrogens is 350 g/mol. The first-order valence-corrected chi connectivity index (χ1v) is 7.92. The van der Waals surface area contributed by atoms with Crippen LogP contribution in [0.5, 0.6) is 5.75 Å². The first-order valence-electron chi connectivity index (χ1n) is 6.75. The van der Waals surface area contributed by atoms with E-state index in [2.05, 4.69) is 53.3 Å². The van der Waals surface area contributed by atoms with Gasteiger partial charge in [0.2, 0.25) is 0 Å². The molecule has 4 heteroatoms. The van der Waals surface area contributed by atoms with E-state index in [0.29, 0.717) is 5.02 Å². The van der Waals surface area contributed by atoms with Gasteiger partial charge in [0, 0.05) is 10.6 Å². The third kappa shape index (κ3) is 3.42. The quantitative estimate of drug-likeness (QED) is 0.816. The Hall–Kier alpha value is -1.03. The van der Waals surface area contributed by atoms with Crippen LogP contribution in [0.1, 0.15) is 28.3 Å². The van der Waals surface area contributed by atoms with Gasteiger partial charge in [0.05, 0.1) is 17.6 Å². The van der Waals surface area contributed by atoms with Crippen LogP contribution in [0.15, 0.2) is 34.8 Å². The van der Waals surface area contributed by atoms with Crippen molar-refractivity contribution in [2.24, 2.45) is 0 Å². The number of methoxy groups -OCH3 is 1. The average molecular weight is 369 g/mol. The summed E-state index contributed by atoms with van der Waals surface area (Å²) in [5.74, 6) is 0.803. The van der Waals surface area contributed by atoms with E-state index in [-0.39, 0.29) is 6.04 Å². The minimum atomic E-state index is 0.0225. The molecule has 1 atom stereocenters. The first kappa shape index (κ1) is 16.3. The highest BCUT2D eigenvalue weighted by Crippen LogP contribution is 2.38. The molecule has 1 unspecified atom stereocenters. The van der Waals surface area contributed by atoms with E-state index in [1.807, 2.05) is 19.2 Å². The zero-order chi connectivity index (χ0) is 15.6. The second-order valence-electron chi connectivity index (χ2n) is 5.08. The fourth-order valence-corrected chi connectivity index (χ4v) is 3.45. The number of ether oxygens (including phenoxy) is 1. The SMILES string of the molecule is CNC(c1ccc(C)c(C)c1)c1cc(Cl)cc(Br)c1OC. The predicted molar refractivity (Wildman–Crippen MR) is 92.5 cm³/mol. The molecule has 0 fully saturated rings. The van der Waals surface area contributed by atoms with Crippen molar-refractivity contribution in [1.82, 2.24) is 5.32 Å². The molecule has 1 N–H and O–H groups in total. The minimum absolute atomic E-state index is 0.0225. The topological polar surface area (TPSA) is 21.3 Å². The van der Waals surface area contributed by atoms with Crippen molar-refractivity contribution < 1.29 is 4.74 Å². The summed E-state index contributed by atoms with van der Waals surface area (Å²) in [6, 6.07) is 10.3. The molecule has 0 radical (unpaired) electrons. The van der Waals surface area contributed by atoms with Crippen LogP contribution >= 0.6 is 27.5 Å². The number of hydrogen-bond donors (Lipinski definition) is 1. The zero-order valence-corrected chi connectivity index (χ0v) is 15.0. The van der Waals surface area contributed by atoms with Crippen LogP contribution in [0, 0.1) is 13.8 Å². The third-order valence-electron chi connectivity index (χ3n) is 3.71. The largest absolute Gasteiger partial charge is 0.495 e. The second kappa shape index (κ2) is 6.82. The predicted octanol–water partition coefficient (Wildman–Crippen LogP) is 5.04. The van der Waals surface area contributed by atoms with Crippen molar-refractivity contribution in [2.75, 3.05) is 14.2 Å². The number of nitrogens with one attached hydrogen (secondary N) is 1. The van der Waals surface area contributed by atoms with Gasteiger partial charge in [-0.2, -0.15) is 0 Å². The Morgan fingerprint density at radius 3 is 2.43 bits per heavy atom. The molecule has 0 aliphatic carbocycles. The Morgan fingerprint density at radius 1 is 1.14 bits per heavy atom. The van der Waals surface area contributed by atoms with Crippen LogP contribution in [-0.4, -0.2) is 14.2 Å². The highest BCUT2D eigenvalue weighted by atomic mass is 79.9. The number of benzene rings is 2.